The SMILES string of the molecule is CCC(=O)C(C)Oc1c(C)cccc1C. The Hall–Kier alpha value is -1.31. The molecule has 0 bridgehead atoms. The molecule has 0 N–H and O–H groups in total. The molecule has 0 aliphatic carbocycles. The molecule has 0 saturated carbocycles. The van der Waals surface area contributed by atoms with Crippen LogP contribution >= 0.6 is 0 Å². The van der Waals surface area contributed by atoms with E-state index in [4.69, 9.17) is 4.74 Å². The van der Waals surface area contributed by atoms with Crippen LogP contribution in [0.4, 0.5) is 0 Å². The number of ether oxygens (including phenoxy) is 1. The van der Waals surface area contributed by atoms with E-state index >= 15 is 0 Å². The van der Waals surface area contributed by atoms with Crippen molar-refractivity contribution in [1.29, 1.82) is 0 Å². The van der Waals surface area contributed by atoms with Gasteiger partial charge in [0.2, 0.25) is 0 Å². The molecule has 1 atom stereocenters. The van der Waals surface area contributed by atoms with Gasteiger partial charge in [0.05, 0.1) is 0 Å². The number of Topliss-reactive ketones (excluding diaryl/α,β-unsaturated/α-hetero) is 1. The molecule has 0 fully saturated rings. The lowest BCUT2D eigenvalue weighted by molar-refractivity contribution is -0.124. The number of carbonyl (C=O) groups is 1. The summed E-state index contributed by atoms with van der Waals surface area (Å²) in [5.74, 6) is 0.976. The van der Waals surface area contributed by atoms with Crippen LogP contribution in [0, 0.1) is 13.8 Å². The summed E-state index contributed by atoms with van der Waals surface area (Å²) < 4.78 is 5.68. The van der Waals surface area contributed by atoms with Crippen molar-refractivity contribution in [3.05, 3.63) is 29.3 Å². The monoisotopic (exact) mass is 206 g/mol. The maximum absolute atomic E-state index is 11.4. The van der Waals surface area contributed by atoms with Crippen molar-refractivity contribution in [3.63, 3.8) is 0 Å². The van der Waals surface area contributed by atoms with Gasteiger partial charge in [-0.1, -0.05) is 25.1 Å². The fourth-order valence-corrected chi connectivity index (χ4v) is 1.52. The normalized spacial score (nSPS) is 12.3. The molecule has 1 rings (SSSR count). The summed E-state index contributed by atoms with van der Waals surface area (Å²) >= 11 is 0. The molecule has 0 aromatic heterocycles. The van der Waals surface area contributed by atoms with Crippen LogP contribution in [0.15, 0.2) is 18.2 Å². The molecular formula is C13H18O2. The van der Waals surface area contributed by atoms with Crippen LogP contribution in [0.2, 0.25) is 0 Å². The second-order valence-electron chi connectivity index (χ2n) is 3.80. The smallest absolute Gasteiger partial charge is 0.172 e. The molecule has 0 spiro atoms. The molecule has 2 heteroatoms. The number of benzene rings is 1. The van der Waals surface area contributed by atoms with Gasteiger partial charge in [0, 0.05) is 6.42 Å². The van der Waals surface area contributed by atoms with Gasteiger partial charge in [-0.2, -0.15) is 0 Å². The van der Waals surface area contributed by atoms with E-state index in [0.717, 1.165) is 16.9 Å². The minimum atomic E-state index is -0.352. The zero-order valence-electron chi connectivity index (χ0n) is 9.83. The Morgan fingerprint density at radius 2 is 1.87 bits per heavy atom. The molecule has 0 radical (unpaired) electrons. The molecule has 2 nitrogen and oxygen atoms in total. The lowest BCUT2D eigenvalue weighted by Crippen LogP contribution is -2.23. The first kappa shape index (κ1) is 11.8. The first-order valence-corrected chi connectivity index (χ1v) is 5.31. The molecule has 0 saturated heterocycles. The Bertz CT molecular complexity index is 335. The predicted octanol–water partition coefficient (Wildman–Crippen LogP) is 3.05. The number of aryl methyl sites for hydroxylation is 2. The topological polar surface area (TPSA) is 26.3 Å². The molecule has 0 aliphatic heterocycles. The number of para-hydroxylation sites is 1. The van der Waals surface area contributed by atoms with Gasteiger partial charge < -0.3 is 4.74 Å². The van der Waals surface area contributed by atoms with Gasteiger partial charge in [0.15, 0.2) is 11.9 Å². The van der Waals surface area contributed by atoms with Crippen LogP contribution in [0.1, 0.15) is 31.4 Å². The van der Waals surface area contributed by atoms with Gasteiger partial charge in [0.25, 0.3) is 0 Å². The summed E-state index contributed by atoms with van der Waals surface area (Å²) in [6.45, 7) is 7.64. The number of hydrogen-bond donors (Lipinski definition) is 0. The third kappa shape index (κ3) is 2.82. The van der Waals surface area contributed by atoms with Crippen molar-refractivity contribution in [2.24, 2.45) is 0 Å². The summed E-state index contributed by atoms with van der Waals surface area (Å²) in [5.41, 5.74) is 2.15. The maximum atomic E-state index is 11.4. The second-order valence-corrected chi connectivity index (χ2v) is 3.80. The highest BCUT2D eigenvalue weighted by Crippen LogP contribution is 2.23. The van der Waals surface area contributed by atoms with E-state index in [1.165, 1.54) is 0 Å². The number of hydrogen-bond acceptors (Lipinski definition) is 2. The van der Waals surface area contributed by atoms with Crippen LogP contribution in [0.25, 0.3) is 0 Å². The minimum Gasteiger partial charge on any atom is -0.482 e. The summed E-state index contributed by atoms with van der Waals surface area (Å²) in [6.07, 6.45) is 0.168. The Labute approximate surface area is 91.3 Å². The van der Waals surface area contributed by atoms with E-state index in [9.17, 15) is 4.79 Å². The van der Waals surface area contributed by atoms with Crippen molar-refractivity contribution >= 4 is 5.78 Å². The average molecular weight is 206 g/mol. The van der Waals surface area contributed by atoms with E-state index < -0.39 is 0 Å². The van der Waals surface area contributed by atoms with Gasteiger partial charge in [-0.3, -0.25) is 4.79 Å². The van der Waals surface area contributed by atoms with Gasteiger partial charge >= 0.3 is 0 Å². The molecule has 15 heavy (non-hydrogen) atoms. The van der Waals surface area contributed by atoms with Gasteiger partial charge in [0.1, 0.15) is 5.75 Å². The molecule has 82 valence electrons. The molecular weight excluding hydrogens is 188 g/mol. The highest BCUT2D eigenvalue weighted by molar-refractivity contribution is 5.82. The van der Waals surface area contributed by atoms with Crippen LogP contribution < -0.4 is 4.74 Å². The zero-order valence-corrected chi connectivity index (χ0v) is 9.83. The van der Waals surface area contributed by atoms with Crippen LogP contribution in [0.5, 0.6) is 5.75 Å². The summed E-state index contributed by atoms with van der Waals surface area (Å²) in [6, 6.07) is 5.97. The highest BCUT2D eigenvalue weighted by atomic mass is 16.5. The van der Waals surface area contributed by atoms with E-state index in [2.05, 4.69) is 0 Å². The highest BCUT2D eigenvalue weighted by Gasteiger charge is 2.14. The van der Waals surface area contributed by atoms with Gasteiger partial charge in [-0.15, -0.1) is 0 Å². The lowest BCUT2D eigenvalue weighted by Gasteiger charge is -2.16. The Balaban J connectivity index is 2.85. The third-order valence-corrected chi connectivity index (χ3v) is 2.51. The fraction of sp³-hybridized carbons (Fsp3) is 0.462. The quantitative estimate of drug-likeness (QED) is 0.756. The minimum absolute atomic E-state index is 0.137. The Morgan fingerprint density at radius 3 is 2.33 bits per heavy atom. The molecule has 0 heterocycles. The zero-order chi connectivity index (χ0) is 11.4. The molecule has 0 amide bonds. The fourth-order valence-electron chi connectivity index (χ4n) is 1.52. The molecule has 1 aromatic rings. The summed E-state index contributed by atoms with van der Waals surface area (Å²) in [7, 11) is 0. The van der Waals surface area contributed by atoms with E-state index in [1.54, 1.807) is 6.92 Å². The van der Waals surface area contributed by atoms with Crippen molar-refractivity contribution in [1.82, 2.24) is 0 Å². The van der Waals surface area contributed by atoms with Gasteiger partial charge in [-0.25, -0.2) is 0 Å². The second kappa shape index (κ2) is 4.96. The largest absolute Gasteiger partial charge is 0.482 e. The van der Waals surface area contributed by atoms with Gasteiger partial charge in [-0.05, 0) is 31.9 Å². The van der Waals surface area contributed by atoms with Crippen molar-refractivity contribution < 1.29 is 9.53 Å². The number of rotatable bonds is 4. The molecule has 1 unspecified atom stereocenters. The predicted molar refractivity (Wildman–Crippen MR) is 61.3 cm³/mol. The Kier molecular flexibility index (Phi) is 3.89. The summed E-state index contributed by atoms with van der Waals surface area (Å²) in [4.78, 5) is 11.4. The maximum Gasteiger partial charge on any atom is 0.172 e. The van der Waals surface area contributed by atoms with Crippen LogP contribution in [0.3, 0.4) is 0 Å². The Morgan fingerprint density at radius 1 is 1.33 bits per heavy atom. The van der Waals surface area contributed by atoms with E-state index in [0.29, 0.717) is 6.42 Å². The summed E-state index contributed by atoms with van der Waals surface area (Å²) in [5, 5.41) is 0. The van der Waals surface area contributed by atoms with E-state index in [1.807, 2.05) is 39.0 Å². The van der Waals surface area contributed by atoms with Crippen molar-refractivity contribution in [2.45, 2.75) is 40.2 Å². The first-order chi connectivity index (χ1) is 7.06. The molecule has 0 aliphatic rings. The molecule has 1 aromatic carbocycles. The lowest BCUT2D eigenvalue weighted by atomic mass is 10.1. The standard InChI is InChI=1S/C13H18O2/c1-5-12(14)11(4)15-13-9(2)7-6-8-10(13)3/h6-8,11H,5H2,1-4H3. The van der Waals surface area contributed by atoms with Crippen molar-refractivity contribution in [3.8, 4) is 5.75 Å². The number of ketones is 1. The number of carbonyl (C=O) groups excluding carboxylic acids is 1. The van der Waals surface area contributed by atoms with E-state index in [-0.39, 0.29) is 11.9 Å². The first-order valence-electron chi connectivity index (χ1n) is 5.31. The van der Waals surface area contributed by atoms with Crippen molar-refractivity contribution in [2.75, 3.05) is 0 Å². The third-order valence-electron chi connectivity index (χ3n) is 2.51. The van der Waals surface area contributed by atoms with Crippen LogP contribution in [-0.2, 0) is 4.79 Å². The average Bonchev–Trinajstić information content (AvgIpc) is 2.22. The van der Waals surface area contributed by atoms with Crippen LogP contribution in [-0.4, -0.2) is 11.9 Å².